The van der Waals surface area contributed by atoms with Gasteiger partial charge in [-0.25, -0.2) is 9.59 Å². The molecule has 0 aromatic heterocycles. The number of likely N-dealkylation sites (tertiary alicyclic amines) is 2. The molecule has 0 saturated carbocycles. The standard InChI is InChI=1S/C28H37N5O6/c34-18-24-22(17-20-8-10-29-11-9-20)25(35)33(24)27(37)31-15-13-30(14-16-31)26(36)23-7-4-12-32(23)28(38)39-19-21-5-2-1-3-6-21/h1-3,5-6,18,20,22-24,29H,4,7-17,19H2/t22-,23+,24-/m1/s1. The van der Waals surface area contributed by atoms with Gasteiger partial charge >= 0.3 is 12.1 Å². The van der Waals surface area contributed by atoms with Crippen molar-refractivity contribution in [3.05, 3.63) is 35.9 Å². The molecule has 0 unspecified atom stereocenters. The van der Waals surface area contributed by atoms with Crippen LogP contribution in [0.2, 0.25) is 0 Å². The van der Waals surface area contributed by atoms with Gasteiger partial charge in [0.15, 0.2) is 0 Å². The second-order valence-electron chi connectivity index (χ2n) is 10.9. The molecule has 210 valence electrons. The number of benzene rings is 1. The third kappa shape index (κ3) is 5.78. The molecule has 4 saturated heterocycles. The van der Waals surface area contributed by atoms with Gasteiger partial charge in [-0.2, -0.15) is 0 Å². The number of imide groups is 1. The molecule has 0 bridgehead atoms. The molecule has 11 heteroatoms. The molecule has 4 aliphatic rings. The first-order valence-electron chi connectivity index (χ1n) is 14.0. The Balaban J connectivity index is 1.11. The van der Waals surface area contributed by atoms with Crippen LogP contribution < -0.4 is 5.32 Å². The van der Waals surface area contributed by atoms with E-state index in [0.717, 1.165) is 49.1 Å². The minimum Gasteiger partial charge on any atom is -0.445 e. The molecule has 0 spiro atoms. The number of carbonyl (C=O) groups is 5. The molecule has 39 heavy (non-hydrogen) atoms. The predicted molar refractivity (Wildman–Crippen MR) is 140 cm³/mol. The number of nitrogens with one attached hydrogen (secondary N) is 1. The van der Waals surface area contributed by atoms with Crippen molar-refractivity contribution in [1.82, 2.24) is 24.9 Å². The summed E-state index contributed by atoms with van der Waals surface area (Å²) in [5.41, 5.74) is 0.879. The van der Waals surface area contributed by atoms with Gasteiger partial charge < -0.3 is 24.6 Å². The van der Waals surface area contributed by atoms with Gasteiger partial charge in [-0.1, -0.05) is 30.3 Å². The van der Waals surface area contributed by atoms with Gasteiger partial charge in [-0.3, -0.25) is 19.4 Å². The van der Waals surface area contributed by atoms with Crippen LogP contribution in [-0.4, -0.2) is 108 Å². The molecule has 0 radical (unpaired) electrons. The van der Waals surface area contributed by atoms with E-state index in [9.17, 15) is 24.0 Å². The number of amides is 5. The zero-order chi connectivity index (χ0) is 27.4. The van der Waals surface area contributed by atoms with Crippen molar-refractivity contribution >= 4 is 30.2 Å². The SMILES string of the molecule is O=C[C@@H]1[C@@H](CC2CCNCC2)C(=O)N1C(=O)N1CCN(C(=O)[C@@H]2CCCN2C(=O)OCc2ccccc2)CC1. The van der Waals surface area contributed by atoms with E-state index in [4.69, 9.17) is 4.74 Å². The second kappa shape index (κ2) is 12.1. The zero-order valence-electron chi connectivity index (χ0n) is 22.2. The van der Waals surface area contributed by atoms with E-state index in [1.165, 1.54) is 4.90 Å². The van der Waals surface area contributed by atoms with Crippen molar-refractivity contribution in [2.24, 2.45) is 11.8 Å². The zero-order valence-corrected chi connectivity index (χ0v) is 22.2. The smallest absolute Gasteiger partial charge is 0.410 e. The molecule has 1 aromatic rings. The summed E-state index contributed by atoms with van der Waals surface area (Å²) < 4.78 is 5.45. The van der Waals surface area contributed by atoms with Crippen LogP contribution >= 0.6 is 0 Å². The molecule has 11 nitrogen and oxygen atoms in total. The third-order valence-corrected chi connectivity index (χ3v) is 8.50. The Morgan fingerprint density at radius 3 is 2.33 bits per heavy atom. The van der Waals surface area contributed by atoms with Gasteiger partial charge in [0.1, 0.15) is 25.0 Å². The lowest BCUT2D eigenvalue weighted by molar-refractivity contribution is -0.155. The molecule has 5 amide bonds. The Morgan fingerprint density at radius 1 is 0.949 bits per heavy atom. The maximum absolute atomic E-state index is 13.3. The van der Waals surface area contributed by atoms with E-state index in [1.807, 2.05) is 30.3 Å². The second-order valence-corrected chi connectivity index (χ2v) is 10.9. The Labute approximate surface area is 228 Å². The van der Waals surface area contributed by atoms with Gasteiger partial charge in [0.05, 0.1) is 5.92 Å². The molecular formula is C28H37N5O6. The van der Waals surface area contributed by atoms with Crippen molar-refractivity contribution in [2.45, 2.75) is 50.8 Å². The summed E-state index contributed by atoms with van der Waals surface area (Å²) in [6.07, 6.45) is 4.10. The monoisotopic (exact) mass is 539 g/mol. The molecule has 4 aliphatic heterocycles. The molecule has 1 aromatic carbocycles. The normalized spacial score (nSPS) is 25.8. The number of rotatable bonds is 6. The highest BCUT2D eigenvalue weighted by atomic mass is 16.6. The number of ether oxygens (including phenoxy) is 1. The average molecular weight is 540 g/mol. The highest BCUT2D eigenvalue weighted by Gasteiger charge is 2.52. The van der Waals surface area contributed by atoms with E-state index >= 15 is 0 Å². The largest absolute Gasteiger partial charge is 0.445 e. The van der Waals surface area contributed by atoms with E-state index in [0.29, 0.717) is 38.4 Å². The van der Waals surface area contributed by atoms with E-state index in [1.54, 1.807) is 9.80 Å². The molecule has 3 atom stereocenters. The van der Waals surface area contributed by atoms with Crippen LogP contribution in [0.5, 0.6) is 0 Å². The van der Waals surface area contributed by atoms with Crippen LogP contribution in [0.1, 0.15) is 37.7 Å². The van der Waals surface area contributed by atoms with Crippen LogP contribution in [0.25, 0.3) is 0 Å². The van der Waals surface area contributed by atoms with Crippen LogP contribution in [0.4, 0.5) is 9.59 Å². The fourth-order valence-electron chi connectivity index (χ4n) is 6.19. The number of aldehydes is 1. The summed E-state index contributed by atoms with van der Waals surface area (Å²) in [4.78, 5) is 69.7. The van der Waals surface area contributed by atoms with Gasteiger partial charge in [0, 0.05) is 32.7 Å². The maximum atomic E-state index is 13.3. The highest BCUT2D eigenvalue weighted by Crippen LogP contribution is 2.34. The Hall–Kier alpha value is -3.47. The van der Waals surface area contributed by atoms with Crippen LogP contribution in [0, 0.1) is 11.8 Å². The molecule has 1 N–H and O–H groups in total. The highest BCUT2D eigenvalue weighted by molar-refractivity contribution is 6.05. The minimum absolute atomic E-state index is 0.146. The summed E-state index contributed by atoms with van der Waals surface area (Å²) in [5, 5.41) is 3.30. The lowest BCUT2D eigenvalue weighted by Gasteiger charge is -2.47. The minimum atomic E-state index is -0.714. The molecular weight excluding hydrogens is 502 g/mol. The summed E-state index contributed by atoms with van der Waals surface area (Å²) >= 11 is 0. The van der Waals surface area contributed by atoms with Crippen LogP contribution in [0.15, 0.2) is 30.3 Å². The number of β-lactam (4-membered cyclic amide) rings is 1. The first kappa shape index (κ1) is 27.1. The number of piperazine rings is 1. The molecule has 0 aliphatic carbocycles. The summed E-state index contributed by atoms with van der Waals surface area (Å²) in [6.45, 7) is 3.58. The van der Waals surface area contributed by atoms with Crippen molar-refractivity contribution in [1.29, 1.82) is 0 Å². The van der Waals surface area contributed by atoms with Gasteiger partial charge in [0.25, 0.3) is 0 Å². The summed E-state index contributed by atoms with van der Waals surface area (Å²) in [6, 6.07) is 7.64. The topological polar surface area (TPSA) is 120 Å². The maximum Gasteiger partial charge on any atom is 0.410 e. The van der Waals surface area contributed by atoms with Crippen LogP contribution in [0.3, 0.4) is 0 Å². The fraction of sp³-hybridized carbons (Fsp3) is 0.607. The summed E-state index contributed by atoms with van der Waals surface area (Å²) in [5.74, 6) is -0.457. The fourth-order valence-corrected chi connectivity index (χ4v) is 6.19. The number of piperidine rings is 1. The van der Waals surface area contributed by atoms with Crippen molar-refractivity contribution < 1.29 is 28.7 Å². The molecule has 4 fully saturated rings. The van der Waals surface area contributed by atoms with Gasteiger partial charge in [-0.05, 0) is 56.7 Å². The van der Waals surface area contributed by atoms with Crippen molar-refractivity contribution in [3.63, 3.8) is 0 Å². The predicted octanol–water partition coefficient (Wildman–Crippen LogP) is 1.47. The van der Waals surface area contributed by atoms with E-state index in [2.05, 4.69) is 5.32 Å². The van der Waals surface area contributed by atoms with E-state index < -0.39 is 30.1 Å². The van der Waals surface area contributed by atoms with Gasteiger partial charge in [0.2, 0.25) is 11.8 Å². The van der Waals surface area contributed by atoms with Crippen molar-refractivity contribution in [2.75, 3.05) is 45.8 Å². The Bertz CT molecular complexity index is 1070. The lowest BCUT2D eigenvalue weighted by atomic mass is 9.78. The molecule has 5 rings (SSSR count). The number of hydrogen-bond acceptors (Lipinski definition) is 7. The average Bonchev–Trinajstić information content (AvgIpc) is 3.48. The van der Waals surface area contributed by atoms with Crippen molar-refractivity contribution in [3.8, 4) is 0 Å². The first-order valence-corrected chi connectivity index (χ1v) is 14.0. The summed E-state index contributed by atoms with van der Waals surface area (Å²) in [7, 11) is 0. The first-order chi connectivity index (χ1) is 19.0. The molecule has 4 heterocycles. The Kier molecular flexibility index (Phi) is 8.44. The lowest BCUT2D eigenvalue weighted by Crippen LogP contribution is -2.68. The number of urea groups is 1. The number of nitrogens with zero attached hydrogens (tertiary/aromatic N) is 4. The Morgan fingerprint density at radius 2 is 1.64 bits per heavy atom. The van der Waals surface area contributed by atoms with E-state index in [-0.39, 0.29) is 31.5 Å². The number of carbonyl (C=O) groups excluding carboxylic acids is 5. The van der Waals surface area contributed by atoms with Gasteiger partial charge in [-0.15, -0.1) is 0 Å². The quantitative estimate of drug-likeness (QED) is 0.429. The number of hydrogen-bond donors (Lipinski definition) is 1. The third-order valence-electron chi connectivity index (χ3n) is 8.50. The van der Waals surface area contributed by atoms with Crippen LogP contribution in [-0.2, 0) is 25.7 Å².